The van der Waals surface area contributed by atoms with Crippen LogP contribution in [0.2, 0.25) is 0 Å². The first-order chi connectivity index (χ1) is 12.1. The molecule has 0 unspecified atom stereocenters. The van der Waals surface area contributed by atoms with E-state index in [1.807, 2.05) is 43.3 Å². The number of aromatic nitrogens is 1. The summed E-state index contributed by atoms with van der Waals surface area (Å²) in [5.74, 6) is -0.483. The van der Waals surface area contributed by atoms with Gasteiger partial charge in [0.2, 0.25) is 5.91 Å². The van der Waals surface area contributed by atoms with Crippen molar-refractivity contribution in [3.05, 3.63) is 70.7 Å². The maximum absolute atomic E-state index is 12.2. The van der Waals surface area contributed by atoms with Gasteiger partial charge in [-0.1, -0.05) is 42.5 Å². The van der Waals surface area contributed by atoms with Crippen LogP contribution in [0.1, 0.15) is 25.3 Å². The van der Waals surface area contributed by atoms with Crippen molar-refractivity contribution in [3.63, 3.8) is 0 Å². The normalized spacial score (nSPS) is 12.2. The van der Waals surface area contributed by atoms with Crippen molar-refractivity contribution >= 4 is 17.0 Å². The Bertz CT molecular complexity index is 896. The quantitative estimate of drug-likeness (QED) is 0.720. The highest BCUT2D eigenvalue weighted by Gasteiger charge is 2.12. The van der Waals surface area contributed by atoms with Crippen molar-refractivity contribution in [1.29, 1.82) is 0 Å². The van der Waals surface area contributed by atoms with Crippen molar-refractivity contribution in [2.75, 3.05) is 0 Å². The summed E-state index contributed by atoms with van der Waals surface area (Å²) in [5, 5.41) is 3.00. The van der Waals surface area contributed by atoms with Gasteiger partial charge in [-0.25, -0.2) is 4.79 Å². The number of oxazole rings is 1. The molecule has 0 aliphatic heterocycles. The van der Waals surface area contributed by atoms with Gasteiger partial charge in [0.25, 0.3) is 0 Å². The molecule has 0 saturated heterocycles. The lowest BCUT2D eigenvalue weighted by Crippen LogP contribution is -2.34. The Balaban J connectivity index is 1.50. The van der Waals surface area contributed by atoms with Gasteiger partial charge in [0.1, 0.15) is 0 Å². The maximum atomic E-state index is 12.2. The van der Waals surface area contributed by atoms with E-state index in [-0.39, 0.29) is 18.4 Å². The molecule has 0 bridgehead atoms. The molecule has 0 aliphatic carbocycles. The number of aryl methyl sites for hydroxylation is 2. The molecule has 5 nitrogen and oxygen atoms in total. The minimum atomic E-state index is -0.425. The highest BCUT2D eigenvalue weighted by Crippen LogP contribution is 2.12. The third kappa shape index (κ3) is 4.38. The van der Waals surface area contributed by atoms with Crippen LogP contribution in [-0.4, -0.2) is 16.5 Å². The third-order valence-corrected chi connectivity index (χ3v) is 4.25. The van der Waals surface area contributed by atoms with Crippen LogP contribution in [0, 0.1) is 0 Å². The molecular formula is C20H22N2O3. The van der Waals surface area contributed by atoms with Crippen LogP contribution in [0.25, 0.3) is 11.1 Å². The number of carbonyl (C=O) groups excluding carboxylic acids is 1. The summed E-state index contributed by atoms with van der Waals surface area (Å²) in [7, 11) is 0. The van der Waals surface area contributed by atoms with E-state index in [1.54, 1.807) is 6.07 Å². The minimum Gasteiger partial charge on any atom is -0.408 e. The average Bonchev–Trinajstić information content (AvgIpc) is 2.94. The molecule has 25 heavy (non-hydrogen) atoms. The van der Waals surface area contributed by atoms with Gasteiger partial charge in [-0.05, 0) is 37.5 Å². The molecule has 0 spiro atoms. The molecule has 5 heteroatoms. The number of nitrogens with zero attached hydrogens (tertiary/aromatic N) is 1. The molecule has 3 rings (SSSR count). The molecule has 0 fully saturated rings. The number of hydrogen-bond donors (Lipinski definition) is 1. The van der Waals surface area contributed by atoms with Crippen molar-refractivity contribution < 1.29 is 9.21 Å². The zero-order valence-electron chi connectivity index (χ0n) is 14.3. The van der Waals surface area contributed by atoms with Crippen LogP contribution >= 0.6 is 0 Å². The molecule has 2 aromatic carbocycles. The van der Waals surface area contributed by atoms with Crippen LogP contribution in [0.4, 0.5) is 0 Å². The van der Waals surface area contributed by atoms with Crippen molar-refractivity contribution in [3.8, 4) is 0 Å². The first-order valence-electron chi connectivity index (χ1n) is 8.55. The number of carbonyl (C=O) groups is 1. The first-order valence-corrected chi connectivity index (χ1v) is 8.55. The van der Waals surface area contributed by atoms with Crippen molar-refractivity contribution in [1.82, 2.24) is 9.88 Å². The fourth-order valence-electron chi connectivity index (χ4n) is 2.89. The molecule has 0 saturated carbocycles. The lowest BCUT2D eigenvalue weighted by molar-refractivity contribution is -0.121. The van der Waals surface area contributed by atoms with E-state index in [4.69, 9.17) is 4.42 Å². The SMILES string of the molecule is C[C@H](CCc1ccccc1)NC(=O)CCn1c(=O)oc2ccccc21. The highest BCUT2D eigenvalue weighted by atomic mass is 16.4. The van der Waals surface area contributed by atoms with Gasteiger partial charge in [0.15, 0.2) is 5.58 Å². The maximum Gasteiger partial charge on any atom is 0.419 e. The van der Waals surface area contributed by atoms with E-state index in [0.717, 1.165) is 18.4 Å². The molecule has 0 radical (unpaired) electrons. The summed E-state index contributed by atoms with van der Waals surface area (Å²) in [6.45, 7) is 2.31. The smallest absolute Gasteiger partial charge is 0.408 e. The predicted molar refractivity (Wildman–Crippen MR) is 97.5 cm³/mol. The minimum absolute atomic E-state index is 0.0576. The Morgan fingerprint density at radius 1 is 1.12 bits per heavy atom. The fraction of sp³-hybridized carbons (Fsp3) is 0.300. The summed E-state index contributed by atoms with van der Waals surface area (Å²) in [6, 6.07) is 17.5. The van der Waals surface area contributed by atoms with Crippen LogP contribution in [0.15, 0.2) is 63.8 Å². The summed E-state index contributed by atoms with van der Waals surface area (Å²) >= 11 is 0. The lowest BCUT2D eigenvalue weighted by Gasteiger charge is -2.14. The number of fused-ring (bicyclic) bond motifs is 1. The monoisotopic (exact) mass is 338 g/mol. The standard InChI is InChI=1S/C20H22N2O3/c1-15(11-12-16-7-3-2-4-8-16)21-19(23)13-14-22-17-9-5-6-10-18(17)25-20(22)24/h2-10,15H,11-14H2,1H3,(H,21,23)/t15-/m1/s1. The Hall–Kier alpha value is -2.82. The van der Waals surface area contributed by atoms with E-state index in [1.165, 1.54) is 10.1 Å². The number of rotatable bonds is 7. The highest BCUT2D eigenvalue weighted by molar-refractivity contribution is 5.77. The van der Waals surface area contributed by atoms with E-state index in [9.17, 15) is 9.59 Å². The van der Waals surface area contributed by atoms with Crippen LogP contribution in [-0.2, 0) is 17.8 Å². The molecule has 1 atom stereocenters. The molecular weight excluding hydrogens is 316 g/mol. The summed E-state index contributed by atoms with van der Waals surface area (Å²) < 4.78 is 6.68. The third-order valence-electron chi connectivity index (χ3n) is 4.25. The van der Waals surface area contributed by atoms with Gasteiger partial charge in [-0.2, -0.15) is 0 Å². The van der Waals surface area contributed by atoms with Gasteiger partial charge in [-0.15, -0.1) is 0 Å². The molecule has 1 amide bonds. The molecule has 1 N–H and O–H groups in total. The number of hydrogen-bond acceptors (Lipinski definition) is 3. The first kappa shape index (κ1) is 17.0. The second-order valence-electron chi connectivity index (χ2n) is 6.23. The lowest BCUT2D eigenvalue weighted by atomic mass is 10.1. The van der Waals surface area contributed by atoms with Gasteiger partial charge in [0, 0.05) is 19.0 Å². The Morgan fingerprint density at radius 2 is 1.84 bits per heavy atom. The summed E-state index contributed by atoms with van der Waals surface area (Å²) in [4.78, 5) is 24.0. The molecule has 130 valence electrons. The van der Waals surface area contributed by atoms with Gasteiger partial charge < -0.3 is 9.73 Å². The van der Waals surface area contributed by atoms with E-state index in [2.05, 4.69) is 17.4 Å². The molecule has 1 aromatic heterocycles. The second-order valence-corrected chi connectivity index (χ2v) is 6.23. The van der Waals surface area contributed by atoms with Gasteiger partial charge in [-0.3, -0.25) is 9.36 Å². The Labute approximate surface area is 146 Å². The predicted octanol–water partition coefficient (Wildman–Crippen LogP) is 3.12. The molecule has 1 heterocycles. The Morgan fingerprint density at radius 3 is 2.64 bits per heavy atom. The fourth-order valence-corrected chi connectivity index (χ4v) is 2.89. The average molecular weight is 338 g/mol. The zero-order valence-corrected chi connectivity index (χ0v) is 14.3. The number of benzene rings is 2. The second kappa shape index (κ2) is 7.83. The zero-order chi connectivity index (χ0) is 17.6. The van der Waals surface area contributed by atoms with E-state index < -0.39 is 5.76 Å². The van der Waals surface area contributed by atoms with E-state index >= 15 is 0 Å². The largest absolute Gasteiger partial charge is 0.419 e. The van der Waals surface area contributed by atoms with Crippen LogP contribution < -0.4 is 11.1 Å². The number of nitrogens with one attached hydrogen (secondary N) is 1. The topological polar surface area (TPSA) is 64.2 Å². The molecule has 3 aromatic rings. The van der Waals surface area contributed by atoms with Gasteiger partial charge in [0.05, 0.1) is 5.52 Å². The van der Waals surface area contributed by atoms with Crippen molar-refractivity contribution in [2.24, 2.45) is 0 Å². The summed E-state index contributed by atoms with van der Waals surface area (Å²) in [6.07, 6.45) is 2.05. The van der Waals surface area contributed by atoms with Gasteiger partial charge >= 0.3 is 5.76 Å². The summed E-state index contributed by atoms with van der Waals surface area (Å²) in [5.41, 5.74) is 2.53. The number of amides is 1. The van der Waals surface area contributed by atoms with E-state index in [0.29, 0.717) is 12.1 Å². The van der Waals surface area contributed by atoms with Crippen LogP contribution in [0.5, 0.6) is 0 Å². The Kier molecular flexibility index (Phi) is 5.33. The molecule has 0 aliphatic rings. The number of para-hydroxylation sites is 2. The van der Waals surface area contributed by atoms with Crippen molar-refractivity contribution in [2.45, 2.75) is 38.8 Å². The van der Waals surface area contributed by atoms with Crippen LogP contribution in [0.3, 0.4) is 0 Å².